The van der Waals surface area contributed by atoms with Crippen LogP contribution in [0.2, 0.25) is 0 Å². The molecule has 0 N–H and O–H groups in total. The van der Waals surface area contributed by atoms with Crippen molar-refractivity contribution >= 4 is 5.78 Å². The number of carbonyl (C=O) groups is 1. The molecule has 1 rings (SSSR count). The Bertz CT molecular complexity index is 231. The molecule has 0 bridgehead atoms. The number of hydrogen-bond acceptors (Lipinski definition) is 1. The first-order chi connectivity index (χ1) is 5.29. The molecule has 1 aromatic carbocycles. The SMILES string of the molecule is CC(=O)[CH-]Cc1ccccc1.[Y]. The van der Waals surface area contributed by atoms with Crippen LogP contribution < -0.4 is 0 Å². The van der Waals surface area contributed by atoms with Crippen molar-refractivity contribution in [1.29, 1.82) is 0 Å². The number of Topliss-reactive ketones (excluding diaryl/α,β-unsaturated/α-hetero) is 1. The van der Waals surface area contributed by atoms with Crippen molar-refractivity contribution in [3.8, 4) is 0 Å². The zero-order valence-electron chi connectivity index (χ0n) is 7.16. The van der Waals surface area contributed by atoms with Gasteiger partial charge in [-0.15, -0.1) is 6.42 Å². The summed E-state index contributed by atoms with van der Waals surface area (Å²) >= 11 is 0. The number of benzene rings is 1. The van der Waals surface area contributed by atoms with Gasteiger partial charge < -0.3 is 11.2 Å². The van der Waals surface area contributed by atoms with E-state index in [1.807, 2.05) is 30.3 Å². The molecule has 0 saturated carbocycles. The third kappa shape index (κ3) is 4.68. The topological polar surface area (TPSA) is 17.1 Å². The normalized spacial score (nSPS) is 8.42. The minimum Gasteiger partial charge on any atom is -0.335 e. The summed E-state index contributed by atoms with van der Waals surface area (Å²) in [5.74, 6) is 0.133. The van der Waals surface area contributed by atoms with Crippen molar-refractivity contribution in [2.45, 2.75) is 13.3 Å². The van der Waals surface area contributed by atoms with Gasteiger partial charge >= 0.3 is 0 Å². The summed E-state index contributed by atoms with van der Waals surface area (Å²) in [6, 6.07) is 9.95. The van der Waals surface area contributed by atoms with Crippen molar-refractivity contribution in [2.24, 2.45) is 0 Å². The number of carbonyl (C=O) groups excluding carboxylic acids is 1. The number of ketones is 1. The molecule has 0 spiro atoms. The fourth-order valence-corrected chi connectivity index (χ4v) is 0.876. The van der Waals surface area contributed by atoms with E-state index in [0.29, 0.717) is 0 Å². The van der Waals surface area contributed by atoms with Gasteiger partial charge in [-0.1, -0.05) is 35.9 Å². The summed E-state index contributed by atoms with van der Waals surface area (Å²) in [5, 5.41) is 0. The summed E-state index contributed by atoms with van der Waals surface area (Å²) < 4.78 is 0. The van der Waals surface area contributed by atoms with Gasteiger partial charge in [-0.25, -0.2) is 0 Å². The first-order valence-corrected chi connectivity index (χ1v) is 3.67. The summed E-state index contributed by atoms with van der Waals surface area (Å²) in [6.45, 7) is 1.57. The van der Waals surface area contributed by atoms with Crippen molar-refractivity contribution in [2.75, 3.05) is 0 Å². The Hall–Kier alpha value is -0.136. The van der Waals surface area contributed by atoms with Crippen LogP contribution in [0, 0.1) is 6.42 Å². The Balaban J connectivity index is 0.00000121. The van der Waals surface area contributed by atoms with Gasteiger partial charge in [0.15, 0.2) is 0 Å². The predicted molar refractivity (Wildman–Crippen MR) is 45.1 cm³/mol. The van der Waals surface area contributed by atoms with Crippen LogP contribution in [0.1, 0.15) is 12.5 Å². The molecule has 1 radical (unpaired) electrons. The Labute approximate surface area is 98.4 Å². The van der Waals surface area contributed by atoms with E-state index in [2.05, 4.69) is 0 Å². The average molecular weight is 236 g/mol. The van der Waals surface area contributed by atoms with E-state index in [4.69, 9.17) is 0 Å². The van der Waals surface area contributed by atoms with Crippen LogP contribution >= 0.6 is 0 Å². The van der Waals surface area contributed by atoms with Gasteiger partial charge in [0.25, 0.3) is 0 Å². The molecule has 61 valence electrons. The molecular formula is C10H11OY-. The Kier molecular flexibility index (Phi) is 6.32. The summed E-state index contributed by atoms with van der Waals surface area (Å²) in [7, 11) is 0. The zero-order valence-corrected chi connectivity index (χ0v) is 10.00. The Morgan fingerprint density at radius 1 is 1.33 bits per heavy atom. The monoisotopic (exact) mass is 236 g/mol. The quantitative estimate of drug-likeness (QED) is 0.734. The maximum atomic E-state index is 10.6. The molecule has 0 fully saturated rings. The van der Waals surface area contributed by atoms with Gasteiger partial charge in [-0.3, -0.25) is 0 Å². The molecule has 0 aliphatic carbocycles. The van der Waals surface area contributed by atoms with E-state index < -0.39 is 0 Å². The molecule has 1 nitrogen and oxygen atoms in total. The number of rotatable bonds is 3. The second kappa shape index (κ2) is 6.39. The van der Waals surface area contributed by atoms with Gasteiger partial charge in [0.05, 0.1) is 0 Å². The van der Waals surface area contributed by atoms with E-state index in [-0.39, 0.29) is 38.5 Å². The van der Waals surface area contributed by atoms with Crippen molar-refractivity contribution < 1.29 is 37.5 Å². The minimum absolute atomic E-state index is 0. The zero-order chi connectivity index (χ0) is 8.10. The molecule has 2 heteroatoms. The summed E-state index contributed by atoms with van der Waals surface area (Å²) in [6.07, 6.45) is 2.44. The van der Waals surface area contributed by atoms with E-state index in [1.165, 1.54) is 5.56 Å². The van der Waals surface area contributed by atoms with E-state index in [9.17, 15) is 4.79 Å². The fraction of sp³-hybridized carbons (Fsp3) is 0.200. The molecule has 0 aliphatic rings. The van der Waals surface area contributed by atoms with Crippen molar-refractivity contribution in [3.05, 3.63) is 42.3 Å². The molecule has 0 aromatic heterocycles. The van der Waals surface area contributed by atoms with E-state index in [0.717, 1.165) is 6.42 Å². The van der Waals surface area contributed by atoms with Crippen LogP contribution in [-0.4, -0.2) is 5.78 Å². The third-order valence-electron chi connectivity index (χ3n) is 1.47. The maximum Gasteiger partial charge on any atom is 0 e. The first-order valence-electron chi connectivity index (χ1n) is 3.67. The third-order valence-corrected chi connectivity index (χ3v) is 1.47. The van der Waals surface area contributed by atoms with Crippen LogP contribution in [0.25, 0.3) is 0 Å². The van der Waals surface area contributed by atoms with Crippen molar-refractivity contribution in [3.63, 3.8) is 0 Å². The molecule has 12 heavy (non-hydrogen) atoms. The van der Waals surface area contributed by atoms with Gasteiger partial charge in [-0.2, -0.15) is 0 Å². The standard InChI is InChI=1S/C10H11O.Y/c1-9(11)7-8-10-5-3-2-4-6-10;/h2-7H,8H2,1H3;/q-1;. The van der Waals surface area contributed by atoms with Crippen molar-refractivity contribution in [1.82, 2.24) is 0 Å². The molecular weight excluding hydrogens is 225 g/mol. The second-order valence-corrected chi connectivity index (χ2v) is 2.50. The van der Waals surface area contributed by atoms with Crippen LogP contribution in [-0.2, 0) is 43.9 Å². The second-order valence-electron chi connectivity index (χ2n) is 2.50. The molecule has 0 unspecified atom stereocenters. The smallest absolute Gasteiger partial charge is 0 e. The summed E-state index contributed by atoms with van der Waals surface area (Å²) in [5.41, 5.74) is 1.18. The number of hydrogen-bond donors (Lipinski definition) is 0. The maximum absolute atomic E-state index is 10.6. The van der Waals surface area contributed by atoms with Crippen LogP contribution in [0.3, 0.4) is 0 Å². The molecule has 0 amide bonds. The van der Waals surface area contributed by atoms with Crippen LogP contribution in [0.5, 0.6) is 0 Å². The van der Waals surface area contributed by atoms with Crippen LogP contribution in [0.4, 0.5) is 0 Å². The molecule has 0 heterocycles. The predicted octanol–water partition coefficient (Wildman–Crippen LogP) is 2.02. The van der Waals surface area contributed by atoms with Gasteiger partial charge in [-0.05, 0) is 12.7 Å². The van der Waals surface area contributed by atoms with Gasteiger partial charge in [0.1, 0.15) is 0 Å². The minimum atomic E-state index is 0. The van der Waals surface area contributed by atoms with Gasteiger partial charge in [0, 0.05) is 32.7 Å². The van der Waals surface area contributed by atoms with Crippen LogP contribution in [0.15, 0.2) is 30.3 Å². The van der Waals surface area contributed by atoms with Gasteiger partial charge in [0.2, 0.25) is 0 Å². The Morgan fingerprint density at radius 2 is 1.92 bits per heavy atom. The molecule has 0 aliphatic heterocycles. The van der Waals surface area contributed by atoms with E-state index >= 15 is 0 Å². The largest absolute Gasteiger partial charge is 0.335 e. The van der Waals surface area contributed by atoms with E-state index in [1.54, 1.807) is 13.3 Å². The first kappa shape index (κ1) is 11.9. The Morgan fingerprint density at radius 3 is 2.42 bits per heavy atom. The molecule has 1 aromatic rings. The average Bonchev–Trinajstić information content (AvgIpc) is 2.03. The molecule has 0 saturated heterocycles. The molecule has 0 atom stereocenters. The fourth-order valence-electron chi connectivity index (χ4n) is 0.876. The summed E-state index contributed by atoms with van der Waals surface area (Å²) in [4.78, 5) is 10.6.